The second kappa shape index (κ2) is 11.5. The molecule has 0 aromatic heterocycles. The molecule has 1 aliphatic heterocycles. The third kappa shape index (κ3) is 6.95. The van der Waals surface area contributed by atoms with E-state index < -0.39 is 6.04 Å². The lowest BCUT2D eigenvalue weighted by molar-refractivity contribution is -0.123. The van der Waals surface area contributed by atoms with Crippen LogP contribution in [0, 0.1) is 0 Å². The molecule has 32 heavy (non-hydrogen) atoms. The SMILES string of the molecule is COc1ccc(C=CC(=O)NC(C)C(=O)Nc2ccc(CN3CCCCC3C)cc2)cc1. The lowest BCUT2D eigenvalue weighted by Crippen LogP contribution is -2.40. The summed E-state index contributed by atoms with van der Waals surface area (Å²) in [5, 5.41) is 5.56. The van der Waals surface area contributed by atoms with Crippen molar-refractivity contribution in [3.05, 3.63) is 65.7 Å². The summed E-state index contributed by atoms with van der Waals surface area (Å²) in [7, 11) is 1.61. The zero-order valence-electron chi connectivity index (χ0n) is 19.1. The summed E-state index contributed by atoms with van der Waals surface area (Å²) in [5.74, 6) is 0.175. The monoisotopic (exact) mass is 435 g/mol. The summed E-state index contributed by atoms with van der Waals surface area (Å²) < 4.78 is 5.12. The van der Waals surface area contributed by atoms with Gasteiger partial charge in [-0.15, -0.1) is 0 Å². The summed E-state index contributed by atoms with van der Waals surface area (Å²) in [5.41, 5.74) is 2.83. The Morgan fingerprint density at radius 1 is 1.12 bits per heavy atom. The Hall–Kier alpha value is -3.12. The van der Waals surface area contributed by atoms with Crippen molar-refractivity contribution in [3.63, 3.8) is 0 Å². The number of anilines is 1. The highest BCUT2D eigenvalue weighted by atomic mass is 16.5. The summed E-state index contributed by atoms with van der Waals surface area (Å²) in [6.07, 6.45) is 6.95. The summed E-state index contributed by atoms with van der Waals surface area (Å²) in [6, 6.07) is 15.3. The molecule has 0 bridgehead atoms. The van der Waals surface area contributed by atoms with Gasteiger partial charge in [0.1, 0.15) is 11.8 Å². The van der Waals surface area contributed by atoms with Crippen molar-refractivity contribution >= 4 is 23.6 Å². The minimum atomic E-state index is -0.656. The largest absolute Gasteiger partial charge is 0.497 e. The van der Waals surface area contributed by atoms with E-state index in [1.165, 1.54) is 30.9 Å². The van der Waals surface area contributed by atoms with Crippen LogP contribution in [0.4, 0.5) is 5.69 Å². The minimum Gasteiger partial charge on any atom is -0.497 e. The van der Waals surface area contributed by atoms with Gasteiger partial charge in [0.05, 0.1) is 7.11 Å². The van der Waals surface area contributed by atoms with Gasteiger partial charge in [0.15, 0.2) is 0 Å². The molecule has 1 saturated heterocycles. The number of methoxy groups -OCH3 is 1. The van der Waals surface area contributed by atoms with Crippen molar-refractivity contribution in [1.82, 2.24) is 10.2 Å². The highest BCUT2D eigenvalue weighted by Gasteiger charge is 2.18. The first-order valence-electron chi connectivity index (χ1n) is 11.2. The smallest absolute Gasteiger partial charge is 0.246 e. The van der Waals surface area contributed by atoms with Crippen LogP contribution in [0.15, 0.2) is 54.6 Å². The minimum absolute atomic E-state index is 0.256. The number of likely N-dealkylation sites (tertiary alicyclic amines) is 1. The van der Waals surface area contributed by atoms with Crippen LogP contribution in [-0.2, 0) is 16.1 Å². The number of amides is 2. The van der Waals surface area contributed by atoms with Crippen LogP contribution in [0.25, 0.3) is 6.08 Å². The van der Waals surface area contributed by atoms with E-state index in [1.54, 1.807) is 20.1 Å². The van der Waals surface area contributed by atoms with Crippen molar-refractivity contribution in [3.8, 4) is 5.75 Å². The molecule has 2 atom stereocenters. The van der Waals surface area contributed by atoms with Crippen molar-refractivity contribution in [2.24, 2.45) is 0 Å². The van der Waals surface area contributed by atoms with Gasteiger partial charge in [-0.3, -0.25) is 14.5 Å². The maximum absolute atomic E-state index is 12.5. The van der Waals surface area contributed by atoms with Crippen LogP contribution in [0.1, 0.15) is 44.2 Å². The first-order chi connectivity index (χ1) is 15.4. The van der Waals surface area contributed by atoms with Gasteiger partial charge in [-0.25, -0.2) is 0 Å². The predicted molar refractivity (Wildman–Crippen MR) is 128 cm³/mol. The van der Waals surface area contributed by atoms with Crippen molar-refractivity contribution in [2.75, 3.05) is 19.0 Å². The molecule has 6 heteroatoms. The molecule has 3 rings (SSSR count). The van der Waals surface area contributed by atoms with E-state index in [0.717, 1.165) is 30.1 Å². The number of ether oxygens (including phenoxy) is 1. The molecule has 2 aromatic rings. The lowest BCUT2D eigenvalue weighted by atomic mass is 10.0. The second-order valence-electron chi connectivity index (χ2n) is 8.34. The highest BCUT2D eigenvalue weighted by Crippen LogP contribution is 2.20. The zero-order valence-corrected chi connectivity index (χ0v) is 19.1. The third-order valence-corrected chi connectivity index (χ3v) is 5.84. The molecule has 2 amide bonds. The molecule has 1 aliphatic rings. The molecule has 2 unspecified atom stereocenters. The zero-order chi connectivity index (χ0) is 22.9. The second-order valence-corrected chi connectivity index (χ2v) is 8.34. The van der Waals surface area contributed by atoms with Gasteiger partial charge in [-0.2, -0.15) is 0 Å². The van der Waals surface area contributed by atoms with Crippen LogP contribution in [-0.4, -0.2) is 42.5 Å². The van der Waals surface area contributed by atoms with Crippen LogP contribution in [0.3, 0.4) is 0 Å². The topological polar surface area (TPSA) is 70.7 Å². The molecule has 6 nitrogen and oxygen atoms in total. The van der Waals surface area contributed by atoms with Crippen LogP contribution in [0.5, 0.6) is 5.75 Å². The predicted octanol–water partition coefficient (Wildman–Crippen LogP) is 4.23. The van der Waals surface area contributed by atoms with E-state index in [0.29, 0.717) is 6.04 Å². The standard InChI is InChI=1S/C26H33N3O3/c1-19-6-4-5-17-29(19)18-22-7-12-23(13-8-22)28-26(31)20(2)27-25(30)16-11-21-9-14-24(32-3)15-10-21/h7-16,19-20H,4-6,17-18H2,1-3H3,(H,27,30)(H,28,31). The number of carbonyl (C=O) groups excluding carboxylic acids is 2. The quantitative estimate of drug-likeness (QED) is 0.609. The number of nitrogens with one attached hydrogen (secondary N) is 2. The molecule has 1 heterocycles. The first kappa shape index (κ1) is 23.5. The van der Waals surface area contributed by atoms with Crippen LogP contribution < -0.4 is 15.4 Å². The Balaban J connectivity index is 1.46. The molecular weight excluding hydrogens is 402 g/mol. The molecule has 2 N–H and O–H groups in total. The maximum atomic E-state index is 12.5. The number of piperidine rings is 1. The van der Waals surface area contributed by atoms with Gasteiger partial charge in [-0.1, -0.05) is 30.7 Å². The Morgan fingerprint density at radius 2 is 1.84 bits per heavy atom. The average molecular weight is 436 g/mol. The number of nitrogens with zero attached hydrogens (tertiary/aromatic N) is 1. The fraction of sp³-hybridized carbons (Fsp3) is 0.385. The van der Waals surface area contributed by atoms with Crippen LogP contribution >= 0.6 is 0 Å². The van der Waals surface area contributed by atoms with Gasteiger partial charge < -0.3 is 15.4 Å². The Labute approximate surface area is 190 Å². The number of carbonyl (C=O) groups is 2. The van der Waals surface area contributed by atoms with Gasteiger partial charge in [0, 0.05) is 24.4 Å². The number of hydrogen-bond donors (Lipinski definition) is 2. The van der Waals surface area contributed by atoms with Gasteiger partial charge >= 0.3 is 0 Å². The molecule has 170 valence electrons. The van der Waals surface area contributed by atoms with Gasteiger partial charge in [0.25, 0.3) is 0 Å². The van der Waals surface area contributed by atoms with Crippen molar-refractivity contribution in [2.45, 2.75) is 51.7 Å². The highest BCUT2D eigenvalue weighted by molar-refractivity contribution is 5.99. The summed E-state index contributed by atoms with van der Waals surface area (Å²) in [4.78, 5) is 27.1. The van der Waals surface area contributed by atoms with Crippen LogP contribution in [0.2, 0.25) is 0 Å². The van der Waals surface area contributed by atoms with E-state index in [9.17, 15) is 9.59 Å². The Kier molecular flexibility index (Phi) is 8.45. The normalized spacial score (nSPS) is 17.7. The first-order valence-corrected chi connectivity index (χ1v) is 11.2. The Bertz CT molecular complexity index is 922. The number of benzene rings is 2. The lowest BCUT2D eigenvalue weighted by Gasteiger charge is -2.33. The summed E-state index contributed by atoms with van der Waals surface area (Å²) >= 11 is 0. The van der Waals surface area contributed by atoms with E-state index in [-0.39, 0.29) is 11.8 Å². The average Bonchev–Trinajstić information content (AvgIpc) is 2.80. The van der Waals surface area contributed by atoms with Gasteiger partial charge in [-0.05, 0) is 74.7 Å². The van der Waals surface area contributed by atoms with E-state index >= 15 is 0 Å². The van der Waals surface area contributed by atoms with E-state index in [1.807, 2.05) is 36.4 Å². The van der Waals surface area contributed by atoms with Crippen molar-refractivity contribution in [1.29, 1.82) is 0 Å². The molecule has 0 aliphatic carbocycles. The number of hydrogen-bond acceptors (Lipinski definition) is 4. The van der Waals surface area contributed by atoms with Gasteiger partial charge in [0.2, 0.25) is 11.8 Å². The molecule has 1 fully saturated rings. The third-order valence-electron chi connectivity index (χ3n) is 5.84. The fourth-order valence-corrected chi connectivity index (χ4v) is 3.78. The Morgan fingerprint density at radius 3 is 2.50 bits per heavy atom. The molecular formula is C26H33N3O3. The molecule has 0 spiro atoms. The van der Waals surface area contributed by atoms with Crippen molar-refractivity contribution < 1.29 is 14.3 Å². The van der Waals surface area contributed by atoms with E-state index in [2.05, 4.69) is 34.6 Å². The summed E-state index contributed by atoms with van der Waals surface area (Å²) in [6.45, 7) is 6.03. The maximum Gasteiger partial charge on any atom is 0.246 e. The molecule has 0 radical (unpaired) electrons. The fourth-order valence-electron chi connectivity index (χ4n) is 3.78. The molecule has 0 saturated carbocycles. The molecule has 2 aromatic carbocycles. The number of rotatable bonds is 8. The van der Waals surface area contributed by atoms with E-state index in [4.69, 9.17) is 4.74 Å².